The number of hydrogen-bond donors (Lipinski definition) is 0. The summed E-state index contributed by atoms with van der Waals surface area (Å²) in [4.78, 5) is 12.5. The van der Waals surface area contributed by atoms with E-state index in [0.717, 1.165) is 0 Å². The van der Waals surface area contributed by atoms with Crippen molar-refractivity contribution < 1.29 is 48.7 Å². The number of Topliss-reactive ketones (excluding diaryl/α,β-unsaturated/α-hetero) is 1. The number of carbonyl (C=O) groups excluding carboxylic acids is 1. The normalized spacial score (nSPS) is 17.2. The Morgan fingerprint density at radius 2 is 0.710 bits per heavy atom. The molecule has 2 aromatic carbocycles. The van der Waals surface area contributed by atoms with Crippen molar-refractivity contribution in [3.05, 3.63) is 80.4 Å². The lowest BCUT2D eigenvalue weighted by Crippen LogP contribution is -2.14. The fourth-order valence-corrected chi connectivity index (χ4v) is 3.02. The number of ketones is 1. The molecule has 0 bridgehead atoms. The van der Waals surface area contributed by atoms with E-state index in [2.05, 4.69) is 0 Å². The standard InChI is InChI=1S/C20H8F10O/c21-10-8(11(22)15(26)18(29)14(10)25)4-6-2-1-3-7(20(6)31)5-9-12(23)16(27)19(30)17(28)13(9)24/h4-5H,1-3H2/b6-4+,7-5+. The van der Waals surface area contributed by atoms with E-state index >= 15 is 0 Å². The summed E-state index contributed by atoms with van der Waals surface area (Å²) in [6.07, 6.45) is 0.405. The minimum absolute atomic E-state index is 0.0220. The van der Waals surface area contributed by atoms with Crippen LogP contribution >= 0.6 is 0 Å². The summed E-state index contributed by atoms with van der Waals surface area (Å²) in [5, 5.41) is 0. The van der Waals surface area contributed by atoms with Crippen molar-refractivity contribution in [1.29, 1.82) is 0 Å². The Kier molecular flexibility index (Phi) is 5.97. The molecule has 0 N–H and O–H groups in total. The molecule has 0 spiro atoms. The van der Waals surface area contributed by atoms with Gasteiger partial charge in [-0.15, -0.1) is 0 Å². The quantitative estimate of drug-likeness (QED) is 0.225. The van der Waals surface area contributed by atoms with Crippen molar-refractivity contribution >= 4 is 17.9 Å². The van der Waals surface area contributed by atoms with Crippen molar-refractivity contribution in [1.82, 2.24) is 0 Å². The molecule has 0 radical (unpaired) electrons. The first kappa shape index (κ1) is 22.6. The van der Waals surface area contributed by atoms with E-state index in [9.17, 15) is 48.7 Å². The number of rotatable bonds is 2. The molecule has 1 saturated carbocycles. The molecule has 0 heterocycles. The fraction of sp³-hybridized carbons (Fsp3) is 0.150. The first-order chi connectivity index (χ1) is 14.5. The molecule has 0 aromatic heterocycles. The summed E-state index contributed by atoms with van der Waals surface area (Å²) < 4.78 is 135. The average Bonchev–Trinajstić information content (AvgIpc) is 2.76. The van der Waals surface area contributed by atoms with Crippen LogP contribution in [0.25, 0.3) is 12.2 Å². The number of carbonyl (C=O) groups is 1. The summed E-state index contributed by atoms with van der Waals surface area (Å²) in [6.45, 7) is 0. The van der Waals surface area contributed by atoms with Crippen LogP contribution in [0.4, 0.5) is 43.9 Å². The Bertz CT molecular complexity index is 1030. The van der Waals surface area contributed by atoms with Crippen LogP contribution in [0.2, 0.25) is 0 Å². The summed E-state index contributed by atoms with van der Waals surface area (Å²) in [7, 11) is 0. The SMILES string of the molecule is O=C1/C(=C/c2c(F)c(F)c(F)c(F)c2F)CCC/C1=C\c1c(F)c(F)c(F)c(F)c1F. The highest BCUT2D eigenvalue weighted by Crippen LogP contribution is 2.32. The van der Waals surface area contributed by atoms with Gasteiger partial charge in [-0.3, -0.25) is 4.79 Å². The van der Waals surface area contributed by atoms with Gasteiger partial charge in [0.05, 0.1) is 11.1 Å². The third kappa shape index (κ3) is 3.72. The van der Waals surface area contributed by atoms with E-state index in [0.29, 0.717) is 12.2 Å². The van der Waals surface area contributed by atoms with Gasteiger partial charge in [-0.1, -0.05) is 0 Å². The molecule has 1 fully saturated rings. The summed E-state index contributed by atoms with van der Waals surface area (Å²) in [5.41, 5.74) is -3.77. The predicted octanol–water partition coefficient (Wildman–Crippen LogP) is 6.30. The second-order valence-corrected chi connectivity index (χ2v) is 6.49. The van der Waals surface area contributed by atoms with E-state index < -0.39 is 86.2 Å². The van der Waals surface area contributed by atoms with Gasteiger partial charge in [-0.05, 0) is 31.4 Å². The van der Waals surface area contributed by atoms with Crippen molar-refractivity contribution in [2.75, 3.05) is 0 Å². The molecule has 31 heavy (non-hydrogen) atoms. The average molecular weight is 454 g/mol. The molecule has 2 aromatic rings. The van der Waals surface area contributed by atoms with Gasteiger partial charge in [0.1, 0.15) is 0 Å². The zero-order valence-electron chi connectivity index (χ0n) is 15.0. The van der Waals surface area contributed by atoms with Gasteiger partial charge < -0.3 is 0 Å². The first-order valence-corrected chi connectivity index (χ1v) is 8.46. The Morgan fingerprint density at radius 1 is 0.452 bits per heavy atom. The minimum Gasteiger partial charge on any atom is -0.289 e. The Balaban J connectivity index is 2.11. The van der Waals surface area contributed by atoms with Crippen LogP contribution in [-0.4, -0.2) is 5.78 Å². The molecule has 0 amide bonds. The van der Waals surface area contributed by atoms with Gasteiger partial charge in [-0.2, -0.15) is 0 Å². The highest BCUT2D eigenvalue weighted by Gasteiger charge is 2.29. The molecular formula is C20H8F10O. The molecule has 1 aliphatic rings. The predicted molar refractivity (Wildman–Crippen MR) is 87.3 cm³/mol. The minimum atomic E-state index is -2.40. The van der Waals surface area contributed by atoms with E-state index in [1.807, 2.05) is 0 Å². The van der Waals surface area contributed by atoms with Gasteiger partial charge in [0, 0.05) is 11.1 Å². The van der Waals surface area contributed by atoms with E-state index in [1.54, 1.807) is 0 Å². The Labute approximate surface area is 167 Å². The van der Waals surface area contributed by atoms with Gasteiger partial charge in [0.15, 0.2) is 52.3 Å². The molecule has 0 saturated heterocycles. The molecule has 0 unspecified atom stereocenters. The van der Waals surface area contributed by atoms with E-state index in [1.165, 1.54) is 0 Å². The van der Waals surface area contributed by atoms with Gasteiger partial charge in [0.25, 0.3) is 0 Å². The smallest absolute Gasteiger partial charge is 0.200 e. The second-order valence-electron chi connectivity index (χ2n) is 6.49. The third-order valence-corrected chi connectivity index (χ3v) is 4.60. The maximum atomic E-state index is 13.9. The van der Waals surface area contributed by atoms with Crippen molar-refractivity contribution in [2.45, 2.75) is 19.3 Å². The van der Waals surface area contributed by atoms with Crippen molar-refractivity contribution in [3.8, 4) is 0 Å². The van der Waals surface area contributed by atoms with Crippen LogP contribution in [0, 0.1) is 58.2 Å². The molecule has 11 heteroatoms. The number of halogens is 10. The molecule has 0 atom stereocenters. The van der Waals surface area contributed by atoms with Crippen LogP contribution in [-0.2, 0) is 4.79 Å². The number of benzene rings is 2. The Hall–Kier alpha value is -3.11. The monoisotopic (exact) mass is 454 g/mol. The molecule has 164 valence electrons. The van der Waals surface area contributed by atoms with Crippen LogP contribution < -0.4 is 0 Å². The zero-order valence-corrected chi connectivity index (χ0v) is 15.0. The van der Waals surface area contributed by atoms with Crippen LogP contribution in [0.15, 0.2) is 11.1 Å². The number of allylic oxidation sites excluding steroid dienone is 2. The molecule has 3 rings (SSSR count). The van der Waals surface area contributed by atoms with Crippen molar-refractivity contribution in [2.24, 2.45) is 0 Å². The topological polar surface area (TPSA) is 17.1 Å². The lowest BCUT2D eigenvalue weighted by molar-refractivity contribution is -0.112. The number of hydrogen-bond acceptors (Lipinski definition) is 1. The van der Waals surface area contributed by atoms with E-state index in [-0.39, 0.29) is 19.3 Å². The lowest BCUT2D eigenvalue weighted by Gasteiger charge is -2.17. The highest BCUT2D eigenvalue weighted by atomic mass is 19.2. The Morgan fingerprint density at radius 3 is 1.00 bits per heavy atom. The highest BCUT2D eigenvalue weighted by molar-refractivity contribution is 6.14. The molecule has 1 nitrogen and oxygen atoms in total. The maximum absolute atomic E-state index is 13.9. The largest absolute Gasteiger partial charge is 0.289 e. The van der Waals surface area contributed by atoms with Gasteiger partial charge in [-0.25, -0.2) is 43.9 Å². The van der Waals surface area contributed by atoms with Crippen LogP contribution in [0.5, 0.6) is 0 Å². The maximum Gasteiger partial charge on any atom is 0.200 e. The van der Waals surface area contributed by atoms with Crippen LogP contribution in [0.1, 0.15) is 30.4 Å². The third-order valence-electron chi connectivity index (χ3n) is 4.60. The summed E-state index contributed by atoms with van der Waals surface area (Å²) in [6, 6.07) is 0. The van der Waals surface area contributed by atoms with Crippen LogP contribution in [0.3, 0.4) is 0 Å². The van der Waals surface area contributed by atoms with Gasteiger partial charge in [0.2, 0.25) is 11.6 Å². The van der Waals surface area contributed by atoms with E-state index in [4.69, 9.17) is 0 Å². The molecule has 1 aliphatic carbocycles. The summed E-state index contributed by atoms with van der Waals surface area (Å²) in [5.74, 6) is -23.7. The fourth-order valence-electron chi connectivity index (χ4n) is 3.02. The first-order valence-electron chi connectivity index (χ1n) is 8.46. The van der Waals surface area contributed by atoms with Gasteiger partial charge >= 0.3 is 0 Å². The second kappa shape index (κ2) is 8.20. The molecule has 0 aliphatic heterocycles. The zero-order chi connectivity index (χ0) is 23.2. The lowest BCUT2D eigenvalue weighted by atomic mass is 9.86. The molecular weight excluding hydrogens is 446 g/mol. The van der Waals surface area contributed by atoms with Crippen molar-refractivity contribution in [3.63, 3.8) is 0 Å². The summed E-state index contributed by atoms with van der Waals surface area (Å²) >= 11 is 0.